The number of hydrogen-bond donors (Lipinski definition) is 1. The molecule has 0 radical (unpaired) electrons. The Morgan fingerprint density at radius 3 is 1.95 bits per heavy atom. The highest BCUT2D eigenvalue weighted by Crippen LogP contribution is 2.23. The lowest BCUT2D eigenvalue weighted by molar-refractivity contribution is -0.140. The van der Waals surface area contributed by atoms with Crippen LogP contribution in [0.5, 0.6) is 0 Å². The van der Waals surface area contributed by atoms with Crippen LogP contribution in [0.15, 0.2) is 84.9 Å². The van der Waals surface area contributed by atoms with E-state index in [9.17, 15) is 18.0 Å². The Morgan fingerprint density at radius 2 is 1.39 bits per heavy atom. The van der Waals surface area contributed by atoms with E-state index in [1.54, 1.807) is 25.1 Å². The van der Waals surface area contributed by atoms with Crippen molar-refractivity contribution >= 4 is 27.5 Å². The van der Waals surface area contributed by atoms with Gasteiger partial charge in [0.15, 0.2) is 0 Å². The summed E-state index contributed by atoms with van der Waals surface area (Å²) in [5.41, 5.74) is 2.92. The number of benzene rings is 3. The molecular weight excluding hydrogens is 498 g/mol. The first-order valence-corrected chi connectivity index (χ1v) is 14.6. The maximum atomic E-state index is 14.0. The lowest BCUT2D eigenvalue weighted by Gasteiger charge is -2.34. The molecule has 0 unspecified atom stereocenters. The van der Waals surface area contributed by atoms with Crippen molar-refractivity contribution in [3.05, 3.63) is 102 Å². The summed E-state index contributed by atoms with van der Waals surface area (Å²) in [6.45, 7) is 6.03. The van der Waals surface area contributed by atoms with E-state index in [-0.39, 0.29) is 18.4 Å². The Morgan fingerprint density at radius 1 is 0.842 bits per heavy atom. The van der Waals surface area contributed by atoms with Gasteiger partial charge in [0, 0.05) is 19.5 Å². The number of carbonyl (C=O) groups is 2. The van der Waals surface area contributed by atoms with Crippen LogP contribution >= 0.6 is 0 Å². The van der Waals surface area contributed by atoms with E-state index in [2.05, 4.69) is 5.32 Å². The van der Waals surface area contributed by atoms with Crippen LogP contribution < -0.4 is 9.62 Å². The van der Waals surface area contributed by atoms with E-state index in [0.717, 1.165) is 27.3 Å². The Bertz CT molecular complexity index is 1310. The number of carbonyl (C=O) groups excluding carboxylic acids is 2. The van der Waals surface area contributed by atoms with Crippen LogP contribution in [0.3, 0.4) is 0 Å². The van der Waals surface area contributed by atoms with Crippen LogP contribution in [-0.4, -0.2) is 50.5 Å². The number of sulfonamides is 1. The molecule has 202 valence electrons. The molecule has 0 aromatic heterocycles. The molecule has 3 aromatic carbocycles. The molecule has 0 aliphatic carbocycles. The quantitative estimate of drug-likeness (QED) is 0.377. The fourth-order valence-electron chi connectivity index (χ4n) is 4.19. The number of nitrogens with one attached hydrogen (secondary N) is 1. The second-order valence-electron chi connectivity index (χ2n) is 9.91. The van der Waals surface area contributed by atoms with Crippen molar-refractivity contribution in [1.29, 1.82) is 0 Å². The predicted octanol–water partition coefficient (Wildman–Crippen LogP) is 4.17. The van der Waals surface area contributed by atoms with E-state index in [0.29, 0.717) is 18.7 Å². The average Bonchev–Trinajstić information content (AvgIpc) is 2.89. The second kappa shape index (κ2) is 13.2. The van der Waals surface area contributed by atoms with E-state index >= 15 is 0 Å². The summed E-state index contributed by atoms with van der Waals surface area (Å²) in [7, 11) is -3.78. The molecule has 0 aliphatic heterocycles. The van der Waals surface area contributed by atoms with E-state index < -0.39 is 28.5 Å². The zero-order valence-corrected chi connectivity index (χ0v) is 23.3. The SMILES string of the molecule is Cc1ccccc1N(CC(=O)N(Cc1ccccc1)[C@@H](Cc1ccccc1)C(=O)NCC(C)C)S(C)(=O)=O. The molecule has 38 heavy (non-hydrogen) atoms. The molecule has 7 nitrogen and oxygen atoms in total. The summed E-state index contributed by atoms with van der Waals surface area (Å²) in [6, 6.07) is 25.2. The summed E-state index contributed by atoms with van der Waals surface area (Å²) < 4.78 is 26.8. The van der Waals surface area contributed by atoms with Gasteiger partial charge in [-0.15, -0.1) is 0 Å². The predicted molar refractivity (Wildman–Crippen MR) is 152 cm³/mol. The first kappa shape index (κ1) is 28.9. The van der Waals surface area contributed by atoms with Crippen molar-refractivity contribution in [2.24, 2.45) is 5.92 Å². The molecule has 0 saturated carbocycles. The Labute approximate surface area is 226 Å². The molecule has 0 aliphatic rings. The first-order chi connectivity index (χ1) is 18.1. The molecule has 1 N–H and O–H groups in total. The molecule has 2 amide bonds. The minimum atomic E-state index is -3.78. The Hall–Kier alpha value is -3.65. The van der Waals surface area contributed by atoms with Gasteiger partial charge in [-0.1, -0.05) is 92.7 Å². The zero-order chi connectivity index (χ0) is 27.7. The lowest BCUT2D eigenvalue weighted by atomic mass is 10.0. The highest BCUT2D eigenvalue weighted by molar-refractivity contribution is 7.92. The van der Waals surface area contributed by atoms with Gasteiger partial charge in [-0.3, -0.25) is 13.9 Å². The molecule has 0 saturated heterocycles. The summed E-state index contributed by atoms with van der Waals surface area (Å²) in [5, 5.41) is 2.98. The zero-order valence-electron chi connectivity index (χ0n) is 22.5. The number of hydrogen-bond acceptors (Lipinski definition) is 4. The number of anilines is 1. The highest BCUT2D eigenvalue weighted by atomic mass is 32.2. The van der Waals surface area contributed by atoms with E-state index in [4.69, 9.17) is 0 Å². The van der Waals surface area contributed by atoms with Crippen LogP contribution in [-0.2, 0) is 32.6 Å². The molecule has 3 rings (SSSR count). The van der Waals surface area contributed by atoms with Gasteiger partial charge < -0.3 is 10.2 Å². The molecule has 8 heteroatoms. The van der Waals surface area contributed by atoms with Crippen molar-refractivity contribution in [3.63, 3.8) is 0 Å². The molecule has 0 heterocycles. The van der Waals surface area contributed by atoms with Crippen LogP contribution in [0.2, 0.25) is 0 Å². The maximum Gasteiger partial charge on any atom is 0.244 e. The normalized spacial score (nSPS) is 12.1. The van der Waals surface area contributed by atoms with Gasteiger partial charge in [0.2, 0.25) is 21.8 Å². The third-order valence-electron chi connectivity index (χ3n) is 6.21. The van der Waals surface area contributed by atoms with Crippen LogP contribution in [0.1, 0.15) is 30.5 Å². The summed E-state index contributed by atoms with van der Waals surface area (Å²) >= 11 is 0. The number of amides is 2. The van der Waals surface area contributed by atoms with Gasteiger partial charge in [-0.2, -0.15) is 0 Å². The number of nitrogens with zero attached hydrogens (tertiary/aromatic N) is 2. The fraction of sp³-hybridized carbons (Fsp3) is 0.333. The highest BCUT2D eigenvalue weighted by Gasteiger charge is 2.33. The molecule has 3 aromatic rings. The van der Waals surface area contributed by atoms with Gasteiger partial charge in [0.1, 0.15) is 12.6 Å². The van der Waals surface area contributed by atoms with E-state index in [1.807, 2.05) is 80.6 Å². The standard InChI is InChI=1S/C30H37N3O4S/c1-23(2)20-31-30(35)28(19-25-14-7-5-8-15-25)32(21-26-16-9-6-10-17-26)29(34)22-33(38(4,36)37)27-18-12-11-13-24(27)3/h5-18,23,28H,19-22H2,1-4H3,(H,31,35)/t28-/m0/s1. The third-order valence-corrected chi connectivity index (χ3v) is 7.34. The van der Waals surface area contributed by atoms with Crippen molar-refractivity contribution < 1.29 is 18.0 Å². The van der Waals surface area contributed by atoms with Gasteiger partial charge in [-0.05, 0) is 35.6 Å². The first-order valence-electron chi connectivity index (χ1n) is 12.7. The Balaban J connectivity index is 2.03. The van der Waals surface area contributed by atoms with E-state index in [1.165, 1.54) is 4.90 Å². The second-order valence-corrected chi connectivity index (χ2v) is 11.8. The summed E-state index contributed by atoms with van der Waals surface area (Å²) in [6.07, 6.45) is 1.39. The molecule has 0 bridgehead atoms. The van der Waals surface area contributed by atoms with Crippen LogP contribution in [0, 0.1) is 12.8 Å². The van der Waals surface area contributed by atoms with Crippen molar-refractivity contribution in [2.75, 3.05) is 23.7 Å². The van der Waals surface area contributed by atoms with Crippen LogP contribution in [0.25, 0.3) is 0 Å². The van der Waals surface area contributed by atoms with Crippen molar-refractivity contribution in [1.82, 2.24) is 10.2 Å². The average molecular weight is 536 g/mol. The van der Waals surface area contributed by atoms with Gasteiger partial charge in [-0.25, -0.2) is 8.42 Å². The molecule has 0 fully saturated rings. The number of aryl methyl sites for hydroxylation is 1. The number of para-hydroxylation sites is 1. The Kier molecular flexibility index (Phi) is 10.1. The molecular formula is C30H37N3O4S. The maximum absolute atomic E-state index is 14.0. The van der Waals surface area contributed by atoms with Crippen LogP contribution in [0.4, 0.5) is 5.69 Å². The fourth-order valence-corrected chi connectivity index (χ4v) is 5.10. The summed E-state index contributed by atoms with van der Waals surface area (Å²) in [5.74, 6) is -0.492. The van der Waals surface area contributed by atoms with Gasteiger partial charge in [0.25, 0.3) is 0 Å². The van der Waals surface area contributed by atoms with Crippen molar-refractivity contribution in [2.45, 2.75) is 39.8 Å². The molecule has 0 spiro atoms. The topological polar surface area (TPSA) is 86.8 Å². The third kappa shape index (κ3) is 8.18. The minimum Gasteiger partial charge on any atom is -0.354 e. The lowest BCUT2D eigenvalue weighted by Crippen LogP contribution is -2.53. The van der Waals surface area contributed by atoms with Gasteiger partial charge in [0.05, 0.1) is 11.9 Å². The number of rotatable bonds is 12. The molecule has 1 atom stereocenters. The van der Waals surface area contributed by atoms with Gasteiger partial charge >= 0.3 is 0 Å². The smallest absolute Gasteiger partial charge is 0.244 e. The summed E-state index contributed by atoms with van der Waals surface area (Å²) in [4.78, 5) is 29.1. The monoisotopic (exact) mass is 535 g/mol. The largest absolute Gasteiger partial charge is 0.354 e. The van der Waals surface area contributed by atoms with Crippen molar-refractivity contribution in [3.8, 4) is 0 Å². The minimum absolute atomic E-state index is 0.164.